The Morgan fingerprint density at radius 1 is 1.13 bits per heavy atom. The van der Waals surface area contributed by atoms with E-state index in [2.05, 4.69) is 20.4 Å². The molecule has 0 atom stereocenters. The summed E-state index contributed by atoms with van der Waals surface area (Å²) in [4.78, 5) is 16.0. The predicted octanol–water partition coefficient (Wildman–Crippen LogP) is 0.567. The molecule has 5 nitrogen and oxygen atoms in total. The molecule has 0 aromatic heterocycles. The van der Waals surface area contributed by atoms with Crippen molar-refractivity contribution in [1.82, 2.24) is 20.4 Å². The molecule has 0 unspecified atom stereocenters. The first kappa shape index (κ1) is 17.0. The van der Waals surface area contributed by atoms with Crippen LogP contribution in [0.2, 0.25) is 0 Å². The van der Waals surface area contributed by atoms with Gasteiger partial charge >= 0.3 is 12.1 Å². The normalized spacial score (nSPS) is 26.9. The van der Waals surface area contributed by atoms with E-state index < -0.39 is 12.1 Å². The van der Waals surface area contributed by atoms with Gasteiger partial charge in [-0.2, -0.15) is 13.2 Å². The van der Waals surface area contributed by atoms with Crippen LogP contribution in [0, 0.1) is 0 Å². The van der Waals surface area contributed by atoms with Gasteiger partial charge in [0.2, 0.25) is 0 Å². The van der Waals surface area contributed by atoms with Gasteiger partial charge in [-0.1, -0.05) is 0 Å². The van der Waals surface area contributed by atoms with E-state index in [0.717, 1.165) is 58.2 Å². The molecule has 2 heterocycles. The number of nitrogens with zero attached hydrogens (tertiary/aromatic N) is 2. The number of halogens is 3. The Hall–Kier alpha value is -0.860. The minimum Gasteiger partial charge on any atom is -0.346 e. The molecule has 0 radical (unpaired) electrons. The van der Waals surface area contributed by atoms with Crippen molar-refractivity contribution in [3.8, 4) is 0 Å². The SMILES string of the molecule is O=C(NCC1(N2CCN(C3CC3)CC2)CCNCC1)C(F)(F)F. The number of carbonyl (C=O) groups is 1. The van der Waals surface area contributed by atoms with Crippen molar-refractivity contribution in [2.45, 2.75) is 43.4 Å². The van der Waals surface area contributed by atoms with Crippen LogP contribution in [0.15, 0.2) is 0 Å². The second-order valence-corrected chi connectivity index (χ2v) is 6.91. The molecule has 0 aromatic carbocycles. The Kier molecular flexibility index (Phi) is 4.85. The maximum absolute atomic E-state index is 12.5. The summed E-state index contributed by atoms with van der Waals surface area (Å²) in [7, 11) is 0. The van der Waals surface area contributed by atoms with E-state index in [0.29, 0.717) is 0 Å². The van der Waals surface area contributed by atoms with Gasteiger partial charge in [0, 0.05) is 44.3 Å². The van der Waals surface area contributed by atoms with E-state index in [-0.39, 0.29) is 12.1 Å². The molecule has 8 heteroatoms. The zero-order valence-electron chi connectivity index (χ0n) is 13.3. The monoisotopic (exact) mass is 334 g/mol. The lowest BCUT2D eigenvalue weighted by Crippen LogP contribution is -2.64. The van der Waals surface area contributed by atoms with Crippen LogP contribution in [0.25, 0.3) is 0 Å². The van der Waals surface area contributed by atoms with Gasteiger partial charge in [-0.05, 0) is 38.8 Å². The van der Waals surface area contributed by atoms with Crippen molar-refractivity contribution in [2.24, 2.45) is 0 Å². The number of hydrogen-bond donors (Lipinski definition) is 2. The molecule has 2 N–H and O–H groups in total. The molecule has 3 fully saturated rings. The quantitative estimate of drug-likeness (QED) is 0.789. The van der Waals surface area contributed by atoms with Gasteiger partial charge in [-0.3, -0.25) is 14.6 Å². The molecule has 0 bridgehead atoms. The summed E-state index contributed by atoms with van der Waals surface area (Å²) in [5.74, 6) is -1.83. The van der Waals surface area contributed by atoms with Crippen molar-refractivity contribution < 1.29 is 18.0 Å². The van der Waals surface area contributed by atoms with Crippen LogP contribution in [0.4, 0.5) is 13.2 Å². The summed E-state index contributed by atoms with van der Waals surface area (Å²) < 4.78 is 37.4. The van der Waals surface area contributed by atoms with Crippen molar-refractivity contribution >= 4 is 5.91 Å². The third-order valence-electron chi connectivity index (χ3n) is 5.42. The van der Waals surface area contributed by atoms with Gasteiger partial charge < -0.3 is 10.6 Å². The lowest BCUT2D eigenvalue weighted by atomic mass is 9.85. The number of alkyl halides is 3. The first-order valence-corrected chi connectivity index (χ1v) is 8.46. The van der Waals surface area contributed by atoms with E-state index in [4.69, 9.17) is 0 Å². The summed E-state index contributed by atoms with van der Waals surface area (Å²) in [5.41, 5.74) is -0.345. The Bertz CT molecular complexity index is 425. The van der Waals surface area contributed by atoms with Crippen LogP contribution in [0.1, 0.15) is 25.7 Å². The molecule has 132 valence electrons. The molecule has 1 saturated carbocycles. The van der Waals surface area contributed by atoms with Gasteiger partial charge in [0.15, 0.2) is 0 Å². The Balaban J connectivity index is 1.61. The van der Waals surface area contributed by atoms with Crippen molar-refractivity contribution in [2.75, 3.05) is 45.8 Å². The Labute approximate surface area is 134 Å². The molecule has 23 heavy (non-hydrogen) atoms. The highest BCUT2D eigenvalue weighted by Gasteiger charge is 2.44. The lowest BCUT2D eigenvalue weighted by Gasteiger charge is -2.50. The molecule has 0 aromatic rings. The fraction of sp³-hybridized carbons (Fsp3) is 0.933. The molecule has 2 saturated heterocycles. The number of piperidine rings is 1. The molecule has 1 amide bonds. The number of rotatable bonds is 4. The number of amides is 1. The van der Waals surface area contributed by atoms with Crippen molar-refractivity contribution in [3.05, 3.63) is 0 Å². The molecular weight excluding hydrogens is 309 g/mol. The van der Waals surface area contributed by atoms with Gasteiger partial charge in [0.05, 0.1) is 0 Å². The number of carbonyl (C=O) groups excluding carboxylic acids is 1. The van der Waals surface area contributed by atoms with Crippen LogP contribution >= 0.6 is 0 Å². The average Bonchev–Trinajstić information content (AvgIpc) is 3.38. The van der Waals surface area contributed by atoms with Crippen LogP contribution < -0.4 is 10.6 Å². The smallest absolute Gasteiger partial charge is 0.346 e. The third kappa shape index (κ3) is 3.97. The van der Waals surface area contributed by atoms with Crippen molar-refractivity contribution in [3.63, 3.8) is 0 Å². The van der Waals surface area contributed by atoms with Crippen LogP contribution in [0.5, 0.6) is 0 Å². The van der Waals surface area contributed by atoms with E-state index in [1.165, 1.54) is 12.8 Å². The zero-order chi connectivity index (χ0) is 16.5. The average molecular weight is 334 g/mol. The topological polar surface area (TPSA) is 47.6 Å². The summed E-state index contributed by atoms with van der Waals surface area (Å²) in [6, 6.07) is 0.728. The van der Waals surface area contributed by atoms with Crippen molar-refractivity contribution in [1.29, 1.82) is 0 Å². The fourth-order valence-electron chi connectivity index (χ4n) is 3.84. The Morgan fingerprint density at radius 2 is 1.74 bits per heavy atom. The van der Waals surface area contributed by atoms with E-state index in [1.807, 2.05) is 0 Å². The molecular formula is C15H25F3N4O. The maximum Gasteiger partial charge on any atom is 0.471 e. The fourth-order valence-corrected chi connectivity index (χ4v) is 3.84. The minimum absolute atomic E-state index is 0.0798. The van der Waals surface area contributed by atoms with Crippen LogP contribution in [-0.2, 0) is 4.79 Å². The van der Waals surface area contributed by atoms with Gasteiger partial charge in [0.1, 0.15) is 0 Å². The summed E-state index contributed by atoms with van der Waals surface area (Å²) in [5, 5.41) is 5.39. The van der Waals surface area contributed by atoms with E-state index >= 15 is 0 Å². The minimum atomic E-state index is -4.81. The highest BCUT2D eigenvalue weighted by molar-refractivity contribution is 5.81. The highest BCUT2D eigenvalue weighted by atomic mass is 19.4. The summed E-state index contributed by atoms with van der Waals surface area (Å²) in [6.45, 7) is 5.35. The predicted molar refractivity (Wildman–Crippen MR) is 80.1 cm³/mol. The standard InChI is InChI=1S/C15H25F3N4O/c16-15(17,18)13(23)20-11-14(3-5-19-6-4-14)22-9-7-21(8-10-22)12-1-2-12/h12,19H,1-11H2,(H,20,23). The molecule has 3 rings (SSSR count). The van der Waals surface area contributed by atoms with Gasteiger partial charge in [0.25, 0.3) is 0 Å². The summed E-state index contributed by atoms with van der Waals surface area (Å²) >= 11 is 0. The van der Waals surface area contributed by atoms with Gasteiger partial charge in [-0.25, -0.2) is 0 Å². The lowest BCUT2D eigenvalue weighted by molar-refractivity contribution is -0.174. The largest absolute Gasteiger partial charge is 0.471 e. The molecule has 0 spiro atoms. The Morgan fingerprint density at radius 3 is 2.26 bits per heavy atom. The van der Waals surface area contributed by atoms with Gasteiger partial charge in [-0.15, -0.1) is 0 Å². The highest BCUT2D eigenvalue weighted by Crippen LogP contribution is 2.31. The number of piperazine rings is 1. The summed E-state index contributed by atoms with van der Waals surface area (Å²) in [6.07, 6.45) is -0.713. The third-order valence-corrected chi connectivity index (χ3v) is 5.42. The zero-order valence-corrected chi connectivity index (χ0v) is 13.3. The first-order chi connectivity index (χ1) is 10.9. The van der Waals surface area contributed by atoms with E-state index in [9.17, 15) is 18.0 Å². The second kappa shape index (κ2) is 6.57. The van der Waals surface area contributed by atoms with Crippen LogP contribution in [-0.4, -0.2) is 79.3 Å². The maximum atomic E-state index is 12.5. The number of hydrogen-bond acceptors (Lipinski definition) is 4. The second-order valence-electron chi connectivity index (χ2n) is 6.91. The van der Waals surface area contributed by atoms with E-state index in [1.54, 1.807) is 0 Å². The molecule has 3 aliphatic rings. The molecule has 2 aliphatic heterocycles. The molecule has 1 aliphatic carbocycles. The number of nitrogens with one attached hydrogen (secondary N) is 2. The van der Waals surface area contributed by atoms with Crippen LogP contribution in [0.3, 0.4) is 0 Å². The first-order valence-electron chi connectivity index (χ1n) is 8.46.